The van der Waals surface area contributed by atoms with Gasteiger partial charge in [-0.1, -0.05) is 6.92 Å². The number of halogens is 2. The number of likely N-dealkylation sites (N-methyl/N-ethyl adjacent to an activating group) is 1. The SMILES string of the molecule is CCNCc1cc(Br)c(OCC2CN(C)CCO2)c(Br)c1. The van der Waals surface area contributed by atoms with Crippen LogP contribution in [0, 0.1) is 0 Å². The van der Waals surface area contributed by atoms with Gasteiger partial charge in [-0.05, 0) is 63.1 Å². The van der Waals surface area contributed by atoms with Gasteiger partial charge in [0.15, 0.2) is 0 Å². The molecule has 1 fully saturated rings. The van der Waals surface area contributed by atoms with Crippen LogP contribution in [0.15, 0.2) is 21.1 Å². The van der Waals surface area contributed by atoms with E-state index in [1.54, 1.807) is 0 Å². The molecule has 0 spiro atoms. The van der Waals surface area contributed by atoms with Gasteiger partial charge in [-0.15, -0.1) is 0 Å². The van der Waals surface area contributed by atoms with Crippen molar-refractivity contribution in [3.05, 3.63) is 26.6 Å². The topological polar surface area (TPSA) is 33.7 Å². The lowest BCUT2D eigenvalue weighted by Crippen LogP contribution is -2.42. The summed E-state index contributed by atoms with van der Waals surface area (Å²) in [6.45, 7) is 7.15. The molecule has 0 radical (unpaired) electrons. The van der Waals surface area contributed by atoms with E-state index in [1.807, 2.05) is 0 Å². The number of benzene rings is 1. The maximum absolute atomic E-state index is 5.95. The van der Waals surface area contributed by atoms with E-state index in [0.717, 1.165) is 47.5 Å². The van der Waals surface area contributed by atoms with Crippen molar-refractivity contribution in [3.63, 3.8) is 0 Å². The van der Waals surface area contributed by atoms with E-state index in [9.17, 15) is 0 Å². The van der Waals surface area contributed by atoms with E-state index in [0.29, 0.717) is 6.61 Å². The van der Waals surface area contributed by atoms with Gasteiger partial charge in [-0.3, -0.25) is 0 Å². The van der Waals surface area contributed by atoms with Crippen molar-refractivity contribution in [1.29, 1.82) is 0 Å². The molecule has 2 rings (SSSR count). The van der Waals surface area contributed by atoms with Gasteiger partial charge in [0.2, 0.25) is 0 Å². The summed E-state index contributed by atoms with van der Waals surface area (Å²) in [5, 5.41) is 3.32. The van der Waals surface area contributed by atoms with Gasteiger partial charge in [0.1, 0.15) is 18.5 Å². The maximum atomic E-state index is 5.95. The Labute approximate surface area is 143 Å². The molecule has 6 heteroatoms. The van der Waals surface area contributed by atoms with Gasteiger partial charge < -0.3 is 19.7 Å². The summed E-state index contributed by atoms with van der Waals surface area (Å²) in [5.41, 5.74) is 1.22. The van der Waals surface area contributed by atoms with Crippen LogP contribution >= 0.6 is 31.9 Å². The minimum atomic E-state index is 0.129. The number of nitrogens with zero attached hydrogens (tertiary/aromatic N) is 1. The maximum Gasteiger partial charge on any atom is 0.147 e. The van der Waals surface area contributed by atoms with E-state index in [4.69, 9.17) is 9.47 Å². The van der Waals surface area contributed by atoms with Crippen LogP contribution in [0.3, 0.4) is 0 Å². The summed E-state index contributed by atoms with van der Waals surface area (Å²) >= 11 is 7.19. The molecule has 0 saturated carbocycles. The van der Waals surface area contributed by atoms with Crippen molar-refractivity contribution in [2.45, 2.75) is 19.6 Å². The molecular weight excluding hydrogens is 400 g/mol. The highest BCUT2D eigenvalue weighted by Crippen LogP contribution is 2.35. The van der Waals surface area contributed by atoms with Crippen molar-refractivity contribution in [2.24, 2.45) is 0 Å². The average molecular weight is 422 g/mol. The smallest absolute Gasteiger partial charge is 0.147 e. The molecule has 0 amide bonds. The molecule has 0 bridgehead atoms. The predicted molar refractivity (Wildman–Crippen MR) is 92.0 cm³/mol. The number of hydrogen-bond acceptors (Lipinski definition) is 4. The van der Waals surface area contributed by atoms with E-state index >= 15 is 0 Å². The first kappa shape index (κ1) is 17.2. The first-order chi connectivity index (χ1) is 10.1. The molecule has 1 aromatic carbocycles. The minimum Gasteiger partial charge on any atom is -0.488 e. The minimum absolute atomic E-state index is 0.129. The highest BCUT2D eigenvalue weighted by atomic mass is 79.9. The van der Waals surface area contributed by atoms with Crippen molar-refractivity contribution < 1.29 is 9.47 Å². The Kier molecular flexibility index (Phi) is 6.95. The summed E-state index contributed by atoms with van der Waals surface area (Å²) in [7, 11) is 2.11. The normalized spacial score (nSPS) is 19.7. The molecule has 0 aromatic heterocycles. The lowest BCUT2D eigenvalue weighted by atomic mass is 10.2. The summed E-state index contributed by atoms with van der Waals surface area (Å²) < 4.78 is 13.6. The van der Waals surface area contributed by atoms with Crippen LogP contribution in [0.5, 0.6) is 5.75 Å². The van der Waals surface area contributed by atoms with Crippen molar-refractivity contribution in [1.82, 2.24) is 10.2 Å². The van der Waals surface area contributed by atoms with Crippen LogP contribution in [0.1, 0.15) is 12.5 Å². The van der Waals surface area contributed by atoms with Crippen LogP contribution in [-0.4, -0.2) is 50.9 Å². The second-order valence-corrected chi connectivity index (χ2v) is 6.94. The Bertz CT molecular complexity index is 448. The fourth-order valence-corrected chi connectivity index (χ4v) is 3.78. The summed E-state index contributed by atoms with van der Waals surface area (Å²) in [5.74, 6) is 0.840. The van der Waals surface area contributed by atoms with Crippen LogP contribution in [0.25, 0.3) is 0 Å². The zero-order valence-corrected chi connectivity index (χ0v) is 15.7. The molecule has 21 heavy (non-hydrogen) atoms. The standard InChI is InChI=1S/C15H22Br2N2O2/c1-3-18-8-11-6-13(16)15(14(17)7-11)21-10-12-9-19(2)4-5-20-12/h6-7,12,18H,3-5,8-10H2,1-2H3. The molecule has 1 heterocycles. The molecule has 1 saturated heterocycles. The zero-order valence-electron chi connectivity index (χ0n) is 12.5. The Balaban J connectivity index is 1.96. The molecule has 0 aliphatic carbocycles. The van der Waals surface area contributed by atoms with Crippen LogP contribution in [0.2, 0.25) is 0 Å². The average Bonchev–Trinajstić information content (AvgIpc) is 2.44. The third-order valence-corrected chi connectivity index (χ3v) is 4.57. The Morgan fingerprint density at radius 3 is 2.71 bits per heavy atom. The number of nitrogens with one attached hydrogen (secondary N) is 1. The molecule has 1 N–H and O–H groups in total. The molecule has 1 atom stereocenters. The summed E-state index contributed by atoms with van der Waals surface area (Å²) in [6.07, 6.45) is 0.129. The first-order valence-electron chi connectivity index (χ1n) is 7.21. The van der Waals surface area contributed by atoms with Gasteiger partial charge in [0.05, 0.1) is 15.6 Å². The highest BCUT2D eigenvalue weighted by Gasteiger charge is 2.19. The van der Waals surface area contributed by atoms with E-state index in [-0.39, 0.29) is 6.10 Å². The van der Waals surface area contributed by atoms with Crippen LogP contribution in [-0.2, 0) is 11.3 Å². The molecular formula is C15H22Br2N2O2. The third-order valence-electron chi connectivity index (χ3n) is 3.39. The van der Waals surface area contributed by atoms with Crippen molar-refractivity contribution in [2.75, 3.05) is 39.9 Å². The predicted octanol–water partition coefficient (Wildman–Crippen LogP) is 3.03. The van der Waals surface area contributed by atoms with E-state index < -0.39 is 0 Å². The van der Waals surface area contributed by atoms with E-state index in [2.05, 4.69) is 68.2 Å². The van der Waals surface area contributed by atoms with Gasteiger partial charge >= 0.3 is 0 Å². The number of ether oxygens (including phenoxy) is 2. The van der Waals surface area contributed by atoms with Crippen molar-refractivity contribution in [3.8, 4) is 5.75 Å². The second-order valence-electron chi connectivity index (χ2n) is 5.23. The largest absolute Gasteiger partial charge is 0.488 e. The molecule has 4 nitrogen and oxygen atoms in total. The number of rotatable bonds is 6. The Morgan fingerprint density at radius 2 is 2.10 bits per heavy atom. The lowest BCUT2D eigenvalue weighted by Gasteiger charge is -2.30. The van der Waals surface area contributed by atoms with Gasteiger partial charge in [-0.2, -0.15) is 0 Å². The van der Waals surface area contributed by atoms with Gasteiger partial charge in [0.25, 0.3) is 0 Å². The molecule has 1 aliphatic rings. The van der Waals surface area contributed by atoms with E-state index in [1.165, 1.54) is 5.56 Å². The number of morpholine rings is 1. The third kappa shape index (κ3) is 5.21. The van der Waals surface area contributed by atoms with Crippen LogP contribution < -0.4 is 10.1 Å². The molecule has 1 aromatic rings. The van der Waals surface area contributed by atoms with Crippen LogP contribution in [0.4, 0.5) is 0 Å². The highest BCUT2D eigenvalue weighted by molar-refractivity contribution is 9.11. The second kappa shape index (κ2) is 8.48. The zero-order chi connectivity index (χ0) is 15.2. The monoisotopic (exact) mass is 420 g/mol. The van der Waals surface area contributed by atoms with Crippen molar-refractivity contribution >= 4 is 31.9 Å². The first-order valence-corrected chi connectivity index (χ1v) is 8.80. The van der Waals surface area contributed by atoms with Gasteiger partial charge in [-0.25, -0.2) is 0 Å². The Hall–Kier alpha value is -0.140. The molecule has 1 aliphatic heterocycles. The fourth-order valence-electron chi connectivity index (χ4n) is 2.27. The molecule has 1 unspecified atom stereocenters. The van der Waals surface area contributed by atoms with Gasteiger partial charge in [0, 0.05) is 19.6 Å². The summed E-state index contributed by atoms with van der Waals surface area (Å²) in [6, 6.07) is 4.19. The number of hydrogen-bond donors (Lipinski definition) is 1. The lowest BCUT2D eigenvalue weighted by molar-refractivity contribution is -0.0405. The summed E-state index contributed by atoms with van der Waals surface area (Å²) in [4.78, 5) is 2.27. The quantitative estimate of drug-likeness (QED) is 0.765. The molecule has 118 valence electrons. The Morgan fingerprint density at radius 1 is 1.38 bits per heavy atom. The fraction of sp³-hybridized carbons (Fsp3) is 0.600.